The van der Waals surface area contributed by atoms with Gasteiger partial charge < -0.3 is 9.67 Å². The summed E-state index contributed by atoms with van der Waals surface area (Å²) in [7, 11) is 0. The van der Waals surface area contributed by atoms with Crippen molar-refractivity contribution in [1.29, 1.82) is 0 Å². The fourth-order valence-electron chi connectivity index (χ4n) is 2.99. The third kappa shape index (κ3) is 5.45. The number of para-hydroxylation sites is 2. The zero-order chi connectivity index (χ0) is 21.6. The minimum Gasteiger partial charge on any atom is -0.508 e. The molecular weight excluding hydrogens is 432 g/mol. The maximum Gasteiger partial charge on any atom is 0.250 e. The molecule has 0 aliphatic carbocycles. The van der Waals surface area contributed by atoms with Gasteiger partial charge in [-0.2, -0.15) is 5.10 Å². The molecule has 3 aromatic carbocycles. The van der Waals surface area contributed by atoms with E-state index in [2.05, 4.69) is 15.1 Å². The van der Waals surface area contributed by atoms with Crippen LogP contribution in [0.1, 0.15) is 11.1 Å². The van der Waals surface area contributed by atoms with Crippen LogP contribution in [0, 0.1) is 0 Å². The second kappa shape index (κ2) is 9.68. The summed E-state index contributed by atoms with van der Waals surface area (Å²) in [5, 5.41) is 14.7. The van der Waals surface area contributed by atoms with Crippen LogP contribution in [-0.4, -0.2) is 32.5 Å². The van der Waals surface area contributed by atoms with E-state index in [-0.39, 0.29) is 17.4 Å². The number of phenols is 1. The molecule has 31 heavy (non-hydrogen) atoms. The van der Waals surface area contributed by atoms with Gasteiger partial charge in [-0.25, -0.2) is 10.4 Å². The van der Waals surface area contributed by atoms with Crippen LogP contribution in [0.25, 0.3) is 11.0 Å². The van der Waals surface area contributed by atoms with Crippen LogP contribution >= 0.6 is 23.4 Å². The van der Waals surface area contributed by atoms with Crippen molar-refractivity contribution in [2.24, 2.45) is 5.10 Å². The lowest BCUT2D eigenvalue weighted by Crippen LogP contribution is -2.20. The van der Waals surface area contributed by atoms with Crippen LogP contribution < -0.4 is 5.43 Å². The Balaban J connectivity index is 1.44. The van der Waals surface area contributed by atoms with Crippen LogP contribution in [0.15, 0.2) is 83.1 Å². The van der Waals surface area contributed by atoms with Gasteiger partial charge >= 0.3 is 0 Å². The first kappa shape index (κ1) is 21.0. The number of aromatic hydroxyl groups is 1. The predicted molar refractivity (Wildman–Crippen MR) is 125 cm³/mol. The van der Waals surface area contributed by atoms with E-state index in [0.29, 0.717) is 11.6 Å². The fraction of sp³-hybridized carbons (Fsp3) is 0.0870. The summed E-state index contributed by atoms with van der Waals surface area (Å²) in [6.07, 6.45) is 1.53. The molecule has 1 heterocycles. The highest BCUT2D eigenvalue weighted by Crippen LogP contribution is 2.25. The third-order valence-electron chi connectivity index (χ3n) is 4.50. The molecule has 156 valence electrons. The topological polar surface area (TPSA) is 79.5 Å². The molecule has 0 spiro atoms. The van der Waals surface area contributed by atoms with Crippen molar-refractivity contribution in [1.82, 2.24) is 15.0 Å². The highest BCUT2D eigenvalue weighted by atomic mass is 35.5. The third-order valence-corrected chi connectivity index (χ3v) is 5.73. The number of hydrogen-bond donors (Lipinski definition) is 2. The van der Waals surface area contributed by atoms with E-state index in [1.807, 2.05) is 48.5 Å². The predicted octanol–water partition coefficient (Wildman–Crippen LogP) is 4.69. The molecule has 0 saturated carbocycles. The first-order valence-corrected chi connectivity index (χ1v) is 10.9. The van der Waals surface area contributed by atoms with Gasteiger partial charge in [0.25, 0.3) is 5.91 Å². The van der Waals surface area contributed by atoms with Gasteiger partial charge in [0.05, 0.1) is 29.5 Å². The van der Waals surface area contributed by atoms with Crippen molar-refractivity contribution in [3.05, 3.63) is 88.9 Å². The molecule has 0 saturated heterocycles. The number of aromatic nitrogens is 2. The number of nitrogens with zero attached hydrogens (tertiary/aromatic N) is 3. The van der Waals surface area contributed by atoms with E-state index in [1.165, 1.54) is 18.0 Å². The number of nitrogens with one attached hydrogen (secondary N) is 1. The Labute approximate surface area is 188 Å². The molecule has 1 amide bonds. The molecule has 1 aromatic heterocycles. The van der Waals surface area contributed by atoms with Gasteiger partial charge in [-0.05, 0) is 59.7 Å². The number of carbonyl (C=O) groups is 1. The van der Waals surface area contributed by atoms with Crippen molar-refractivity contribution in [3.8, 4) is 5.75 Å². The smallest absolute Gasteiger partial charge is 0.250 e. The molecular formula is C23H19ClN4O2S. The van der Waals surface area contributed by atoms with E-state index in [1.54, 1.807) is 24.3 Å². The van der Waals surface area contributed by atoms with Crippen molar-refractivity contribution in [2.45, 2.75) is 11.7 Å². The van der Waals surface area contributed by atoms with Gasteiger partial charge in [0.15, 0.2) is 5.16 Å². The summed E-state index contributed by atoms with van der Waals surface area (Å²) in [5.41, 5.74) is 6.27. The molecule has 0 aliphatic heterocycles. The van der Waals surface area contributed by atoms with Gasteiger partial charge in [-0.1, -0.05) is 47.6 Å². The summed E-state index contributed by atoms with van der Waals surface area (Å²) >= 11 is 7.36. The molecule has 4 rings (SSSR count). The zero-order valence-electron chi connectivity index (χ0n) is 16.4. The van der Waals surface area contributed by atoms with Crippen LogP contribution in [-0.2, 0) is 11.3 Å². The first-order chi connectivity index (χ1) is 15.1. The minimum absolute atomic E-state index is 0.177. The highest BCUT2D eigenvalue weighted by molar-refractivity contribution is 7.99. The average molecular weight is 451 g/mol. The monoisotopic (exact) mass is 450 g/mol. The van der Waals surface area contributed by atoms with Crippen molar-refractivity contribution < 1.29 is 9.90 Å². The Kier molecular flexibility index (Phi) is 6.54. The molecule has 4 aromatic rings. The molecule has 0 unspecified atom stereocenters. The normalized spacial score (nSPS) is 11.3. The Morgan fingerprint density at radius 3 is 2.61 bits per heavy atom. The first-order valence-electron chi connectivity index (χ1n) is 9.52. The molecule has 0 fully saturated rings. The number of hydrogen-bond acceptors (Lipinski definition) is 5. The van der Waals surface area contributed by atoms with Crippen LogP contribution in [0.3, 0.4) is 0 Å². The Morgan fingerprint density at radius 1 is 1.10 bits per heavy atom. The highest BCUT2D eigenvalue weighted by Gasteiger charge is 2.13. The van der Waals surface area contributed by atoms with Gasteiger partial charge in [-0.3, -0.25) is 4.79 Å². The number of benzene rings is 3. The SMILES string of the molecule is O=C(CSc1nc2ccccc2n1Cc1ccc(Cl)cc1)NN=Cc1ccc(O)cc1. The molecule has 0 bridgehead atoms. The Hall–Kier alpha value is -3.29. The summed E-state index contributed by atoms with van der Waals surface area (Å²) < 4.78 is 2.09. The number of amides is 1. The maximum absolute atomic E-state index is 12.2. The van der Waals surface area contributed by atoms with Crippen LogP contribution in [0.2, 0.25) is 5.02 Å². The summed E-state index contributed by atoms with van der Waals surface area (Å²) in [4.78, 5) is 16.9. The molecule has 0 aliphatic rings. The number of hydrazone groups is 1. The number of halogens is 1. The van der Waals surface area contributed by atoms with Crippen molar-refractivity contribution in [3.63, 3.8) is 0 Å². The number of thioether (sulfide) groups is 1. The quantitative estimate of drug-likeness (QED) is 0.243. The number of imidazole rings is 1. The van der Waals surface area contributed by atoms with Gasteiger partial charge in [0.1, 0.15) is 5.75 Å². The van der Waals surface area contributed by atoms with Gasteiger partial charge in [0.2, 0.25) is 0 Å². The largest absolute Gasteiger partial charge is 0.508 e. The molecule has 8 heteroatoms. The Morgan fingerprint density at radius 2 is 1.84 bits per heavy atom. The number of fused-ring (bicyclic) bond motifs is 1. The minimum atomic E-state index is -0.231. The fourth-order valence-corrected chi connectivity index (χ4v) is 3.92. The van der Waals surface area contributed by atoms with E-state index >= 15 is 0 Å². The number of carbonyl (C=O) groups excluding carboxylic acids is 1. The molecule has 0 atom stereocenters. The second-order valence-corrected chi connectivity index (χ2v) is 8.15. The maximum atomic E-state index is 12.2. The number of phenolic OH excluding ortho intramolecular Hbond substituents is 1. The number of rotatable bonds is 7. The van der Waals surface area contributed by atoms with Crippen LogP contribution in [0.4, 0.5) is 0 Å². The molecule has 0 radical (unpaired) electrons. The van der Waals surface area contributed by atoms with E-state index in [0.717, 1.165) is 27.3 Å². The van der Waals surface area contributed by atoms with E-state index < -0.39 is 0 Å². The Bertz CT molecular complexity index is 1220. The van der Waals surface area contributed by atoms with Gasteiger partial charge in [-0.15, -0.1) is 0 Å². The zero-order valence-corrected chi connectivity index (χ0v) is 18.0. The van der Waals surface area contributed by atoms with E-state index in [9.17, 15) is 9.90 Å². The molecule has 2 N–H and O–H groups in total. The lowest BCUT2D eigenvalue weighted by Gasteiger charge is -2.09. The molecule has 6 nitrogen and oxygen atoms in total. The average Bonchev–Trinajstić information content (AvgIpc) is 3.12. The summed E-state index contributed by atoms with van der Waals surface area (Å²) in [6, 6.07) is 22.1. The summed E-state index contributed by atoms with van der Waals surface area (Å²) in [6.45, 7) is 0.626. The van der Waals surface area contributed by atoms with Gasteiger partial charge in [0, 0.05) is 5.02 Å². The van der Waals surface area contributed by atoms with Crippen molar-refractivity contribution >= 4 is 46.5 Å². The van der Waals surface area contributed by atoms with Crippen LogP contribution in [0.5, 0.6) is 5.75 Å². The second-order valence-electron chi connectivity index (χ2n) is 6.77. The van der Waals surface area contributed by atoms with E-state index in [4.69, 9.17) is 16.6 Å². The lowest BCUT2D eigenvalue weighted by atomic mass is 10.2. The van der Waals surface area contributed by atoms with Crippen molar-refractivity contribution in [2.75, 3.05) is 5.75 Å². The standard InChI is InChI=1S/C23H19ClN4O2S/c24-18-9-5-17(6-10-18)14-28-21-4-2-1-3-20(21)26-23(28)31-15-22(30)27-25-13-16-7-11-19(29)12-8-16/h1-13,29H,14-15H2,(H,27,30). The lowest BCUT2D eigenvalue weighted by molar-refractivity contribution is -0.118. The summed E-state index contributed by atoms with van der Waals surface area (Å²) in [5.74, 6) is 0.126.